The zero-order chi connectivity index (χ0) is 38.8. The van der Waals surface area contributed by atoms with E-state index in [9.17, 15) is 9.90 Å². The molecule has 0 spiro atoms. The molecular weight excluding hydrogens is 673 g/mol. The number of aromatic nitrogens is 1. The molecule has 10 nitrogen and oxygen atoms in total. The van der Waals surface area contributed by atoms with Gasteiger partial charge >= 0.3 is 0 Å². The molecule has 54 heavy (non-hydrogen) atoms. The zero-order valence-electron chi connectivity index (χ0n) is 35.0. The summed E-state index contributed by atoms with van der Waals surface area (Å²) in [5, 5.41) is 14.1. The number of hydrogen-bond donors (Lipinski definition) is 2. The Labute approximate surface area is 329 Å². The molecule has 0 saturated carbocycles. The van der Waals surface area contributed by atoms with E-state index < -0.39 is 5.60 Å². The molecule has 0 radical (unpaired) electrons. The molecule has 5 aliphatic rings. The highest BCUT2D eigenvalue weighted by Gasteiger charge is 2.36. The fraction of sp³-hybridized carbons (Fsp3) is 0.727. The fourth-order valence-corrected chi connectivity index (χ4v) is 8.30. The quantitative estimate of drug-likeness (QED) is 0.344. The van der Waals surface area contributed by atoms with Gasteiger partial charge in [-0.15, -0.1) is 0 Å². The van der Waals surface area contributed by atoms with Gasteiger partial charge < -0.3 is 34.9 Å². The molecule has 10 heteroatoms. The summed E-state index contributed by atoms with van der Waals surface area (Å²) in [6.07, 6.45) is 8.92. The highest BCUT2D eigenvalue weighted by atomic mass is 16.3. The van der Waals surface area contributed by atoms with E-state index in [0.717, 1.165) is 63.0 Å². The maximum absolute atomic E-state index is 12.5. The lowest BCUT2D eigenvalue weighted by molar-refractivity contribution is -0.138. The lowest BCUT2D eigenvalue weighted by Crippen LogP contribution is -2.57. The monoisotopic (exact) mass is 749 g/mol. The molecule has 1 aromatic carbocycles. The van der Waals surface area contributed by atoms with E-state index in [1.807, 2.05) is 49.2 Å². The van der Waals surface area contributed by atoms with Crippen LogP contribution in [0.15, 0.2) is 54.7 Å². The van der Waals surface area contributed by atoms with Crippen LogP contribution in [-0.2, 0) is 4.79 Å². The van der Waals surface area contributed by atoms with Gasteiger partial charge in [0, 0.05) is 109 Å². The van der Waals surface area contributed by atoms with Crippen LogP contribution in [0.3, 0.4) is 0 Å². The topological polar surface area (TPSA) is 81.7 Å². The van der Waals surface area contributed by atoms with Gasteiger partial charge in [0.05, 0.1) is 12.0 Å². The molecular formula is C44H76N8O2. The van der Waals surface area contributed by atoms with Crippen LogP contribution in [0.2, 0.25) is 0 Å². The minimum atomic E-state index is -0.805. The molecule has 304 valence electrons. The minimum absolute atomic E-state index is 0.102. The van der Waals surface area contributed by atoms with E-state index in [0.29, 0.717) is 12.8 Å². The van der Waals surface area contributed by atoms with Crippen molar-refractivity contribution < 1.29 is 9.90 Å². The number of pyridine rings is 1. The SMILES string of the molecule is CC.CCCC(C)C.CN1CCC(O)(CC(=O)N2CCN(c3ccccc3)CC2)CC1.c1ccc(N2CC(CN3CCN(C4CCNCC4)CC3)C2)nc1. The highest BCUT2D eigenvalue weighted by molar-refractivity contribution is 5.77. The second-order valence-corrected chi connectivity index (χ2v) is 16.4. The van der Waals surface area contributed by atoms with Gasteiger partial charge in [-0.05, 0) is 76.0 Å². The lowest BCUT2D eigenvalue weighted by Gasteiger charge is -2.45. The van der Waals surface area contributed by atoms with E-state index >= 15 is 0 Å². The number of anilines is 2. The van der Waals surface area contributed by atoms with Gasteiger partial charge in [-0.1, -0.05) is 71.7 Å². The van der Waals surface area contributed by atoms with Crippen LogP contribution >= 0.6 is 0 Å². The summed E-state index contributed by atoms with van der Waals surface area (Å²) in [7, 11) is 2.06. The minimum Gasteiger partial charge on any atom is -0.389 e. The summed E-state index contributed by atoms with van der Waals surface area (Å²) >= 11 is 0. The number of para-hydroxylation sites is 1. The molecule has 1 aromatic heterocycles. The molecule has 0 bridgehead atoms. The molecule has 5 fully saturated rings. The molecule has 2 N–H and O–H groups in total. The van der Waals surface area contributed by atoms with Crippen molar-refractivity contribution in [3.8, 4) is 0 Å². The number of nitrogens with one attached hydrogen (secondary N) is 1. The van der Waals surface area contributed by atoms with E-state index in [4.69, 9.17) is 0 Å². The number of carbonyl (C=O) groups excluding carboxylic acids is 1. The van der Waals surface area contributed by atoms with Crippen LogP contribution in [0.1, 0.15) is 79.6 Å². The molecule has 5 aliphatic heterocycles. The number of aliphatic hydroxyl groups is 1. The molecule has 1 amide bonds. The van der Waals surface area contributed by atoms with Crippen molar-refractivity contribution in [2.45, 2.75) is 91.2 Å². The highest BCUT2D eigenvalue weighted by Crippen LogP contribution is 2.27. The zero-order valence-corrected chi connectivity index (χ0v) is 35.0. The second-order valence-electron chi connectivity index (χ2n) is 16.4. The van der Waals surface area contributed by atoms with Crippen molar-refractivity contribution in [1.29, 1.82) is 0 Å². The summed E-state index contributed by atoms with van der Waals surface area (Å²) in [6.45, 7) is 26.7. The van der Waals surface area contributed by atoms with Crippen molar-refractivity contribution in [3.05, 3.63) is 54.7 Å². The van der Waals surface area contributed by atoms with E-state index in [2.05, 4.69) is 86.9 Å². The van der Waals surface area contributed by atoms with Crippen molar-refractivity contribution in [1.82, 2.24) is 29.9 Å². The van der Waals surface area contributed by atoms with Gasteiger partial charge in [-0.2, -0.15) is 0 Å². The predicted molar refractivity (Wildman–Crippen MR) is 226 cm³/mol. The summed E-state index contributed by atoms with van der Waals surface area (Å²) < 4.78 is 0. The third-order valence-electron chi connectivity index (χ3n) is 11.7. The molecule has 0 unspecified atom stereocenters. The molecule has 0 atom stereocenters. The fourth-order valence-electron chi connectivity index (χ4n) is 8.30. The standard InChI is InChI=1S/C18H29N5.C18H27N3O2.C6H14.C2H6/c1-2-6-20-18(3-1)23-14-16(15-23)13-21-9-11-22(12-10-21)17-4-7-19-8-5-17;1-19-9-7-18(23,8-10-19)15-17(22)21-13-11-20(12-14-21)16-5-3-2-4-6-16;1-4-5-6(2)3;1-2/h1-3,6,16-17,19H,4-5,7-15H2;2-6,23H,7-15H2,1H3;6H,4-5H2,1-3H3;1-2H3. The Hall–Kier alpha value is -2.76. The first-order chi connectivity index (χ1) is 26.2. The first kappa shape index (κ1) is 44.0. The Bertz CT molecular complexity index is 1260. The predicted octanol–water partition coefficient (Wildman–Crippen LogP) is 5.54. The Morgan fingerprint density at radius 3 is 2.04 bits per heavy atom. The second kappa shape index (κ2) is 23.3. The Morgan fingerprint density at radius 2 is 1.48 bits per heavy atom. The molecule has 7 rings (SSSR count). The summed E-state index contributed by atoms with van der Waals surface area (Å²) in [4.78, 5) is 31.2. The Balaban J connectivity index is 0.000000202. The van der Waals surface area contributed by atoms with Crippen molar-refractivity contribution >= 4 is 17.4 Å². The van der Waals surface area contributed by atoms with Gasteiger partial charge in [0.25, 0.3) is 0 Å². The number of carbonyl (C=O) groups is 1. The Kier molecular flexibility index (Phi) is 19.0. The number of nitrogens with zero attached hydrogens (tertiary/aromatic N) is 7. The van der Waals surface area contributed by atoms with Crippen LogP contribution in [0.25, 0.3) is 0 Å². The van der Waals surface area contributed by atoms with E-state index in [1.54, 1.807) is 0 Å². The van der Waals surface area contributed by atoms with Gasteiger partial charge in [-0.25, -0.2) is 4.98 Å². The molecule has 5 saturated heterocycles. The van der Waals surface area contributed by atoms with E-state index in [1.165, 1.54) is 90.3 Å². The lowest BCUT2D eigenvalue weighted by atomic mass is 9.88. The third-order valence-corrected chi connectivity index (χ3v) is 11.7. The number of piperidine rings is 2. The molecule has 6 heterocycles. The van der Waals surface area contributed by atoms with E-state index in [-0.39, 0.29) is 12.3 Å². The summed E-state index contributed by atoms with van der Waals surface area (Å²) in [5.74, 6) is 2.96. The smallest absolute Gasteiger partial charge is 0.225 e. The maximum atomic E-state index is 12.5. The van der Waals surface area contributed by atoms with Crippen LogP contribution in [0.5, 0.6) is 0 Å². The normalized spacial score (nSPS) is 21.5. The number of rotatable bonds is 9. The van der Waals surface area contributed by atoms with Gasteiger partial charge in [0.2, 0.25) is 5.91 Å². The number of hydrogen-bond acceptors (Lipinski definition) is 9. The number of benzene rings is 1. The van der Waals surface area contributed by atoms with Crippen LogP contribution < -0.4 is 15.1 Å². The average Bonchev–Trinajstić information content (AvgIpc) is 3.20. The van der Waals surface area contributed by atoms with Crippen molar-refractivity contribution in [3.63, 3.8) is 0 Å². The van der Waals surface area contributed by atoms with Crippen molar-refractivity contribution in [2.75, 3.05) is 115 Å². The number of amides is 1. The molecule has 0 aliphatic carbocycles. The average molecular weight is 749 g/mol. The van der Waals surface area contributed by atoms with Gasteiger partial charge in [-0.3, -0.25) is 9.69 Å². The van der Waals surface area contributed by atoms with Crippen LogP contribution in [-0.4, -0.2) is 152 Å². The summed E-state index contributed by atoms with van der Waals surface area (Å²) in [6, 6.07) is 17.3. The maximum Gasteiger partial charge on any atom is 0.225 e. The number of piperazine rings is 2. The van der Waals surface area contributed by atoms with Gasteiger partial charge in [0.15, 0.2) is 0 Å². The van der Waals surface area contributed by atoms with Crippen LogP contribution in [0, 0.1) is 11.8 Å². The largest absolute Gasteiger partial charge is 0.389 e. The molecule has 2 aromatic rings. The first-order valence-electron chi connectivity index (χ1n) is 21.5. The van der Waals surface area contributed by atoms with Gasteiger partial charge in [0.1, 0.15) is 5.82 Å². The third kappa shape index (κ3) is 14.4. The Morgan fingerprint density at radius 1 is 0.852 bits per heavy atom. The van der Waals surface area contributed by atoms with Crippen molar-refractivity contribution in [2.24, 2.45) is 11.8 Å². The number of likely N-dealkylation sites (tertiary alicyclic amines) is 1. The first-order valence-corrected chi connectivity index (χ1v) is 21.5. The van der Waals surface area contributed by atoms with Crippen LogP contribution in [0.4, 0.5) is 11.5 Å². The summed E-state index contributed by atoms with van der Waals surface area (Å²) in [5.41, 5.74) is 0.411.